The number of nitrogens with zero attached hydrogens (tertiary/aromatic N) is 2. The Bertz CT molecular complexity index is 353. The first-order valence-corrected chi connectivity index (χ1v) is 2.98. The largest absolute Gasteiger partial charge is 0.508 e. The number of hydrogen-bond donors (Lipinski definition) is 1. The molecule has 0 bridgehead atoms. The monoisotopic (exact) mass is 134 g/mol. The molecule has 2 rings (SSSR count). The summed E-state index contributed by atoms with van der Waals surface area (Å²) in [5, 5.41) is 13.0. The quantitative estimate of drug-likeness (QED) is 0.584. The summed E-state index contributed by atoms with van der Waals surface area (Å²) in [6.07, 6.45) is 3.40. The predicted octanol–water partition coefficient (Wildman–Crippen LogP) is 1.04. The molecule has 0 aliphatic rings. The summed E-state index contributed by atoms with van der Waals surface area (Å²) in [5.41, 5.74) is 0.903. The third kappa shape index (κ3) is 0.639. The fourth-order valence-corrected chi connectivity index (χ4v) is 0.910. The lowest BCUT2D eigenvalue weighted by Crippen LogP contribution is -1.82. The van der Waals surface area contributed by atoms with Crippen LogP contribution in [-0.2, 0) is 0 Å². The van der Waals surface area contributed by atoms with Gasteiger partial charge in [-0.25, -0.2) is 4.52 Å². The number of pyridine rings is 1. The molecule has 0 radical (unpaired) electrons. The van der Waals surface area contributed by atoms with Crippen molar-refractivity contribution >= 4 is 5.52 Å². The Balaban J connectivity index is 2.86. The highest BCUT2D eigenvalue weighted by molar-refractivity contribution is 5.49. The van der Waals surface area contributed by atoms with Crippen LogP contribution in [-0.4, -0.2) is 14.7 Å². The second-order valence-corrected chi connectivity index (χ2v) is 2.09. The lowest BCUT2D eigenvalue weighted by molar-refractivity contribution is 0.475. The van der Waals surface area contributed by atoms with E-state index < -0.39 is 0 Å². The van der Waals surface area contributed by atoms with Gasteiger partial charge in [0.15, 0.2) is 0 Å². The fourth-order valence-electron chi connectivity index (χ4n) is 0.910. The zero-order chi connectivity index (χ0) is 6.97. The van der Waals surface area contributed by atoms with E-state index in [0.717, 1.165) is 5.52 Å². The van der Waals surface area contributed by atoms with Crippen molar-refractivity contribution in [2.75, 3.05) is 0 Å². The van der Waals surface area contributed by atoms with Gasteiger partial charge in [-0.15, -0.1) is 0 Å². The summed E-state index contributed by atoms with van der Waals surface area (Å²) < 4.78 is 1.69. The van der Waals surface area contributed by atoms with Crippen LogP contribution in [0.2, 0.25) is 0 Å². The van der Waals surface area contributed by atoms with Gasteiger partial charge in [0.1, 0.15) is 5.75 Å². The summed E-state index contributed by atoms with van der Waals surface area (Å²) >= 11 is 0. The molecule has 10 heavy (non-hydrogen) atoms. The molecule has 0 spiro atoms. The molecule has 0 aromatic carbocycles. The maximum absolute atomic E-state index is 9.01. The van der Waals surface area contributed by atoms with Crippen molar-refractivity contribution in [3.05, 3.63) is 30.6 Å². The Kier molecular flexibility index (Phi) is 0.917. The molecule has 2 aromatic rings. The molecule has 50 valence electrons. The van der Waals surface area contributed by atoms with Crippen LogP contribution in [0.1, 0.15) is 0 Å². The molecule has 0 saturated carbocycles. The summed E-state index contributed by atoms with van der Waals surface area (Å²) in [6.45, 7) is 0. The van der Waals surface area contributed by atoms with Crippen LogP contribution in [0.25, 0.3) is 5.52 Å². The van der Waals surface area contributed by atoms with Gasteiger partial charge in [0, 0.05) is 18.5 Å². The lowest BCUT2D eigenvalue weighted by Gasteiger charge is -1.91. The van der Waals surface area contributed by atoms with Gasteiger partial charge in [0.25, 0.3) is 0 Å². The van der Waals surface area contributed by atoms with Gasteiger partial charge in [-0.05, 0) is 12.1 Å². The van der Waals surface area contributed by atoms with E-state index in [2.05, 4.69) is 5.10 Å². The van der Waals surface area contributed by atoms with Crippen molar-refractivity contribution in [3.63, 3.8) is 0 Å². The van der Waals surface area contributed by atoms with Gasteiger partial charge in [-0.1, -0.05) is 0 Å². The molecule has 0 fully saturated rings. The van der Waals surface area contributed by atoms with Gasteiger partial charge < -0.3 is 5.11 Å². The van der Waals surface area contributed by atoms with Crippen LogP contribution in [0.4, 0.5) is 0 Å². The summed E-state index contributed by atoms with van der Waals surface area (Å²) in [6, 6.07) is 5.09. The molecule has 0 saturated heterocycles. The van der Waals surface area contributed by atoms with Gasteiger partial charge >= 0.3 is 0 Å². The van der Waals surface area contributed by atoms with E-state index in [1.165, 1.54) is 0 Å². The molecular formula is C7H6N2O. The molecule has 3 heteroatoms. The van der Waals surface area contributed by atoms with Gasteiger partial charge in [0.05, 0.1) is 5.52 Å². The standard InChI is InChI=1S/C7H6N2O/c10-7-2-4-9-6(5-7)1-3-8-9/h1-5,10H. The third-order valence-corrected chi connectivity index (χ3v) is 1.38. The summed E-state index contributed by atoms with van der Waals surface area (Å²) in [4.78, 5) is 0. The first kappa shape index (κ1) is 5.29. The third-order valence-electron chi connectivity index (χ3n) is 1.38. The molecule has 0 aliphatic carbocycles. The number of aromatic nitrogens is 2. The van der Waals surface area contributed by atoms with E-state index in [1.54, 1.807) is 29.0 Å². The molecule has 2 heterocycles. The topological polar surface area (TPSA) is 37.5 Å². The normalized spacial score (nSPS) is 10.4. The van der Waals surface area contributed by atoms with E-state index in [4.69, 9.17) is 5.11 Å². The average Bonchev–Trinajstić information content (AvgIpc) is 2.33. The van der Waals surface area contributed by atoms with Crippen molar-refractivity contribution < 1.29 is 5.11 Å². The van der Waals surface area contributed by atoms with E-state index in [1.807, 2.05) is 6.07 Å². The Hall–Kier alpha value is -1.51. The van der Waals surface area contributed by atoms with E-state index in [9.17, 15) is 0 Å². The van der Waals surface area contributed by atoms with Crippen molar-refractivity contribution in [3.8, 4) is 5.75 Å². The maximum atomic E-state index is 9.01. The van der Waals surface area contributed by atoms with Crippen molar-refractivity contribution in [2.45, 2.75) is 0 Å². The maximum Gasteiger partial charge on any atom is 0.119 e. The molecule has 3 nitrogen and oxygen atoms in total. The number of aromatic hydroxyl groups is 1. The van der Waals surface area contributed by atoms with Crippen LogP contribution in [0.3, 0.4) is 0 Å². The van der Waals surface area contributed by atoms with Gasteiger partial charge in [-0.3, -0.25) is 0 Å². The number of fused-ring (bicyclic) bond motifs is 1. The molecule has 0 amide bonds. The van der Waals surface area contributed by atoms with E-state index >= 15 is 0 Å². The van der Waals surface area contributed by atoms with Crippen molar-refractivity contribution in [2.24, 2.45) is 0 Å². The van der Waals surface area contributed by atoms with Gasteiger partial charge in [-0.2, -0.15) is 5.10 Å². The van der Waals surface area contributed by atoms with Gasteiger partial charge in [0.2, 0.25) is 0 Å². The smallest absolute Gasteiger partial charge is 0.119 e. The van der Waals surface area contributed by atoms with Crippen LogP contribution >= 0.6 is 0 Å². The highest BCUT2D eigenvalue weighted by Gasteiger charge is 1.91. The van der Waals surface area contributed by atoms with Crippen LogP contribution < -0.4 is 0 Å². The zero-order valence-corrected chi connectivity index (χ0v) is 5.23. The van der Waals surface area contributed by atoms with Crippen molar-refractivity contribution in [1.29, 1.82) is 0 Å². The number of hydrogen-bond acceptors (Lipinski definition) is 2. The molecule has 0 atom stereocenters. The van der Waals surface area contributed by atoms with E-state index in [0.29, 0.717) is 0 Å². The highest BCUT2D eigenvalue weighted by Crippen LogP contribution is 2.10. The van der Waals surface area contributed by atoms with Crippen LogP contribution in [0.15, 0.2) is 30.6 Å². The Morgan fingerprint density at radius 1 is 1.40 bits per heavy atom. The predicted molar refractivity (Wildman–Crippen MR) is 36.9 cm³/mol. The molecule has 0 aliphatic heterocycles. The Labute approximate surface area is 57.5 Å². The fraction of sp³-hybridized carbons (Fsp3) is 0. The minimum absolute atomic E-state index is 0.271. The molecule has 1 N–H and O–H groups in total. The molecule has 2 aromatic heterocycles. The molecule has 0 unspecified atom stereocenters. The summed E-state index contributed by atoms with van der Waals surface area (Å²) in [7, 11) is 0. The highest BCUT2D eigenvalue weighted by atomic mass is 16.3. The first-order valence-electron chi connectivity index (χ1n) is 2.98. The second-order valence-electron chi connectivity index (χ2n) is 2.09. The SMILES string of the molecule is Oc1ccn2nccc2c1. The average molecular weight is 134 g/mol. The van der Waals surface area contributed by atoms with Crippen molar-refractivity contribution in [1.82, 2.24) is 9.61 Å². The number of rotatable bonds is 0. The summed E-state index contributed by atoms with van der Waals surface area (Å²) in [5.74, 6) is 0.271. The Morgan fingerprint density at radius 3 is 3.20 bits per heavy atom. The lowest BCUT2D eigenvalue weighted by atomic mass is 10.4. The van der Waals surface area contributed by atoms with E-state index in [-0.39, 0.29) is 5.75 Å². The van der Waals surface area contributed by atoms with Crippen LogP contribution in [0.5, 0.6) is 5.75 Å². The zero-order valence-electron chi connectivity index (χ0n) is 5.23. The molecular weight excluding hydrogens is 128 g/mol. The second kappa shape index (κ2) is 1.73. The minimum atomic E-state index is 0.271. The Morgan fingerprint density at radius 2 is 2.30 bits per heavy atom. The first-order chi connectivity index (χ1) is 4.86. The van der Waals surface area contributed by atoms with Crippen LogP contribution in [0, 0.1) is 0 Å². The minimum Gasteiger partial charge on any atom is -0.508 e.